The third-order valence-electron chi connectivity index (χ3n) is 6.43. The van der Waals surface area contributed by atoms with Crippen LogP contribution in [-0.4, -0.2) is 26.3 Å². The van der Waals surface area contributed by atoms with E-state index in [4.69, 9.17) is 17.3 Å². The number of nitrogens with two attached hydrogens (primary N) is 1. The number of benzene rings is 2. The summed E-state index contributed by atoms with van der Waals surface area (Å²) in [6.07, 6.45) is 7.67. The lowest BCUT2D eigenvalue weighted by molar-refractivity contribution is 0.104. The Morgan fingerprint density at radius 3 is 2.69 bits per heavy atom. The van der Waals surface area contributed by atoms with Gasteiger partial charge in [-0.2, -0.15) is 0 Å². The number of hydrogen-bond donors (Lipinski definition) is 3. The highest BCUT2D eigenvalue weighted by Crippen LogP contribution is 2.35. The van der Waals surface area contributed by atoms with Crippen LogP contribution < -0.4 is 16.4 Å². The van der Waals surface area contributed by atoms with E-state index in [9.17, 15) is 9.59 Å². The van der Waals surface area contributed by atoms with Gasteiger partial charge in [0.25, 0.3) is 0 Å². The maximum absolute atomic E-state index is 13.6. The van der Waals surface area contributed by atoms with E-state index >= 15 is 0 Å². The molecule has 2 aromatic heterocycles. The van der Waals surface area contributed by atoms with Crippen LogP contribution in [0.1, 0.15) is 53.2 Å². The molecule has 2 heterocycles. The summed E-state index contributed by atoms with van der Waals surface area (Å²) in [6, 6.07) is 11.9. The topological polar surface area (TPSA) is 115 Å². The fourth-order valence-corrected chi connectivity index (χ4v) is 4.82. The number of amides is 2. The second kappa shape index (κ2) is 9.38. The van der Waals surface area contributed by atoms with Gasteiger partial charge in [0.15, 0.2) is 5.78 Å². The standard InChI is InChI=1S/C26H25ClN6O2/c1-15-9-10-17(27)12-21(15)32-26(35)31-18-6-4-5-16(11-18)23(34)20-13-33(19-7-2-3-8-19)25-22(20)24(28)29-14-30-25/h4-6,9-14,19H,2-3,7-8H2,1H3,(H2,28,29,30)(H2,31,32,35). The number of carbonyl (C=O) groups excluding carboxylic acids is 2. The first-order chi connectivity index (χ1) is 16.9. The number of urea groups is 1. The van der Waals surface area contributed by atoms with Gasteiger partial charge in [0, 0.05) is 34.2 Å². The van der Waals surface area contributed by atoms with E-state index in [0.717, 1.165) is 31.2 Å². The van der Waals surface area contributed by atoms with Crippen molar-refractivity contribution in [2.24, 2.45) is 0 Å². The highest BCUT2D eigenvalue weighted by Gasteiger charge is 2.25. The molecule has 8 nitrogen and oxygen atoms in total. The number of halogens is 1. The summed E-state index contributed by atoms with van der Waals surface area (Å²) in [4.78, 5) is 34.7. The molecule has 0 saturated heterocycles. The zero-order chi connectivity index (χ0) is 24.5. The van der Waals surface area contributed by atoms with E-state index in [-0.39, 0.29) is 11.6 Å². The monoisotopic (exact) mass is 488 g/mol. The predicted octanol–water partition coefficient (Wildman–Crippen LogP) is 5.97. The molecule has 1 saturated carbocycles. The Bertz CT molecular complexity index is 1440. The summed E-state index contributed by atoms with van der Waals surface area (Å²) < 4.78 is 2.07. The van der Waals surface area contributed by atoms with Gasteiger partial charge in [0.2, 0.25) is 0 Å². The number of nitrogens with one attached hydrogen (secondary N) is 2. The van der Waals surface area contributed by atoms with Crippen LogP contribution in [0, 0.1) is 6.92 Å². The number of nitrogen functional groups attached to an aromatic ring is 1. The van der Waals surface area contributed by atoms with Crippen LogP contribution in [0.4, 0.5) is 22.0 Å². The molecule has 2 amide bonds. The number of nitrogens with zero attached hydrogens (tertiary/aromatic N) is 3. The van der Waals surface area contributed by atoms with Gasteiger partial charge in [-0.25, -0.2) is 14.8 Å². The largest absolute Gasteiger partial charge is 0.383 e. The lowest BCUT2D eigenvalue weighted by Gasteiger charge is -2.12. The van der Waals surface area contributed by atoms with Crippen LogP contribution in [-0.2, 0) is 0 Å². The van der Waals surface area contributed by atoms with Crippen molar-refractivity contribution in [3.8, 4) is 0 Å². The van der Waals surface area contributed by atoms with Gasteiger partial charge in [-0.15, -0.1) is 0 Å². The SMILES string of the molecule is Cc1ccc(Cl)cc1NC(=O)Nc1cccc(C(=O)c2cn(C3CCCC3)c3ncnc(N)c23)c1. The van der Waals surface area contributed by atoms with E-state index in [2.05, 4.69) is 25.2 Å². The van der Waals surface area contributed by atoms with Crippen molar-refractivity contribution in [1.82, 2.24) is 14.5 Å². The van der Waals surface area contributed by atoms with Crippen LogP contribution in [0.25, 0.3) is 11.0 Å². The second-order valence-electron chi connectivity index (χ2n) is 8.79. The summed E-state index contributed by atoms with van der Waals surface area (Å²) in [5, 5.41) is 6.67. The predicted molar refractivity (Wildman–Crippen MR) is 138 cm³/mol. The molecular weight excluding hydrogens is 464 g/mol. The molecule has 0 spiro atoms. The number of anilines is 3. The number of aryl methyl sites for hydroxylation is 1. The molecule has 1 fully saturated rings. The van der Waals surface area contributed by atoms with Gasteiger partial charge in [-0.3, -0.25) is 4.79 Å². The number of rotatable bonds is 5. The van der Waals surface area contributed by atoms with Crippen LogP contribution in [0.5, 0.6) is 0 Å². The number of hydrogen-bond acceptors (Lipinski definition) is 5. The Morgan fingerprint density at radius 2 is 1.89 bits per heavy atom. The van der Waals surface area contributed by atoms with E-state index in [0.29, 0.717) is 44.6 Å². The normalized spacial score (nSPS) is 13.8. The van der Waals surface area contributed by atoms with Crippen molar-refractivity contribution in [3.63, 3.8) is 0 Å². The summed E-state index contributed by atoms with van der Waals surface area (Å²) in [6.45, 7) is 1.88. The summed E-state index contributed by atoms with van der Waals surface area (Å²) >= 11 is 6.04. The highest BCUT2D eigenvalue weighted by molar-refractivity contribution is 6.31. The minimum Gasteiger partial charge on any atom is -0.383 e. The fourth-order valence-electron chi connectivity index (χ4n) is 4.65. The van der Waals surface area contributed by atoms with Crippen molar-refractivity contribution in [3.05, 3.63) is 76.7 Å². The molecule has 0 bridgehead atoms. The van der Waals surface area contributed by atoms with Gasteiger partial charge in [0.1, 0.15) is 17.8 Å². The maximum atomic E-state index is 13.6. The third-order valence-corrected chi connectivity index (χ3v) is 6.67. The minimum atomic E-state index is -0.435. The molecule has 1 aliphatic rings. The fraction of sp³-hybridized carbons (Fsp3) is 0.231. The quantitative estimate of drug-likeness (QED) is 0.299. The van der Waals surface area contributed by atoms with Crippen molar-refractivity contribution in [2.75, 3.05) is 16.4 Å². The average Bonchev–Trinajstić information content (AvgIpc) is 3.50. The van der Waals surface area contributed by atoms with Gasteiger partial charge < -0.3 is 20.9 Å². The summed E-state index contributed by atoms with van der Waals surface area (Å²) in [5.74, 6) is 0.0728. The van der Waals surface area contributed by atoms with Crippen LogP contribution >= 0.6 is 11.6 Å². The zero-order valence-electron chi connectivity index (χ0n) is 19.2. The lowest BCUT2D eigenvalue weighted by atomic mass is 10.0. The Morgan fingerprint density at radius 1 is 1.09 bits per heavy atom. The smallest absolute Gasteiger partial charge is 0.323 e. The average molecular weight is 489 g/mol. The number of carbonyl (C=O) groups is 2. The van der Waals surface area contributed by atoms with Gasteiger partial charge in [0.05, 0.1) is 10.9 Å². The van der Waals surface area contributed by atoms with Crippen molar-refractivity contribution >= 4 is 51.6 Å². The molecule has 0 aliphatic heterocycles. The third kappa shape index (κ3) is 4.57. The van der Waals surface area contributed by atoms with Crippen molar-refractivity contribution in [1.29, 1.82) is 0 Å². The molecule has 178 valence electrons. The molecule has 35 heavy (non-hydrogen) atoms. The first-order valence-corrected chi connectivity index (χ1v) is 11.9. The molecule has 2 aromatic carbocycles. The molecule has 9 heteroatoms. The number of fused-ring (bicyclic) bond motifs is 1. The summed E-state index contributed by atoms with van der Waals surface area (Å²) in [5.41, 5.74) is 9.72. The van der Waals surface area contributed by atoms with Gasteiger partial charge in [-0.1, -0.05) is 42.6 Å². The molecule has 1 aliphatic carbocycles. The van der Waals surface area contributed by atoms with Crippen molar-refractivity contribution < 1.29 is 9.59 Å². The van der Waals surface area contributed by atoms with Crippen molar-refractivity contribution in [2.45, 2.75) is 38.6 Å². The molecule has 4 N–H and O–H groups in total. The molecule has 4 aromatic rings. The Balaban J connectivity index is 1.42. The van der Waals surface area contributed by atoms with Gasteiger partial charge in [-0.05, 0) is 49.6 Å². The number of ketones is 1. The molecular formula is C26H25ClN6O2. The Hall–Kier alpha value is -3.91. The second-order valence-corrected chi connectivity index (χ2v) is 9.23. The van der Waals surface area contributed by atoms with Crippen LogP contribution in [0.3, 0.4) is 0 Å². The maximum Gasteiger partial charge on any atom is 0.323 e. The van der Waals surface area contributed by atoms with Crippen LogP contribution in [0.2, 0.25) is 5.02 Å². The van der Waals surface area contributed by atoms with E-state index in [1.165, 1.54) is 6.33 Å². The Labute approximate surface area is 207 Å². The minimum absolute atomic E-state index is 0.206. The Kier molecular flexibility index (Phi) is 6.13. The highest BCUT2D eigenvalue weighted by atomic mass is 35.5. The first-order valence-electron chi connectivity index (χ1n) is 11.5. The molecule has 0 unspecified atom stereocenters. The van der Waals surface area contributed by atoms with E-state index in [1.807, 2.05) is 19.2 Å². The summed E-state index contributed by atoms with van der Waals surface area (Å²) in [7, 11) is 0. The van der Waals surface area contributed by atoms with Crippen LogP contribution in [0.15, 0.2) is 55.0 Å². The van der Waals surface area contributed by atoms with Gasteiger partial charge >= 0.3 is 6.03 Å². The first kappa shape index (κ1) is 22.9. The molecule has 5 rings (SSSR count). The molecule has 0 radical (unpaired) electrons. The lowest BCUT2D eigenvalue weighted by Crippen LogP contribution is -2.20. The van der Waals surface area contributed by atoms with E-state index < -0.39 is 6.03 Å². The zero-order valence-corrected chi connectivity index (χ0v) is 20.0. The molecule has 0 atom stereocenters. The number of aromatic nitrogens is 3. The van der Waals surface area contributed by atoms with E-state index in [1.54, 1.807) is 36.4 Å².